The molecule has 0 atom stereocenters. The van der Waals surface area contributed by atoms with Crippen LogP contribution in [0.2, 0.25) is 0 Å². The molecule has 0 aliphatic heterocycles. The first-order valence-electron chi connectivity index (χ1n) is 5.85. The molecule has 0 aliphatic rings. The van der Waals surface area contributed by atoms with Crippen LogP contribution in [0.25, 0.3) is 11.1 Å². The first kappa shape index (κ1) is 13.5. The van der Waals surface area contributed by atoms with Crippen molar-refractivity contribution in [2.45, 2.75) is 19.7 Å². The second kappa shape index (κ2) is 5.34. The second-order valence-corrected chi connectivity index (χ2v) is 4.00. The summed E-state index contributed by atoms with van der Waals surface area (Å²) in [4.78, 5) is 0. The van der Waals surface area contributed by atoms with Gasteiger partial charge in [-0.05, 0) is 35.7 Å². The summed E-state index contributed by atoms with van der Waals surface area (Å²) < 4.78 is 41.0. The van der Waals surface area contributed by atoms with Crippen LogP contribution >= 0.6 is 0 Å². The third-order valence-corrected chi connectivity index (χ3v) is 2.68. The predicted molar refractivity (Wildman–Crippen MR) is 66.8 cm³/mol. The minimum absolute atomic E-state index is 0.201. The van der Waals surface area contributed by atoms with Gasteiger partial charge in [0.1, 0.15) is 5.75 Å². The van der Waals surface area contributed by atoms with Gasteiger partial charge in [0.15, 0.2) is 0 Å². The molecule has 0 N–H and O–H groups in total. The highest BCUT2D eigenvalue weighted by atomic mass is 19.4. The molecule has 0 aromatic heterocycles. The van der Waals surface area contributed by atoms with Crippen molar-refractivity contribution in [1.29, 1.82) is 0 Å². The van der Waals surface area contributed by atoms with Crippen LogP contribution in [-0.4, -0.2) is 6.36 Å². The topological polar surface area (TPSA) is 9.23 Å². The summed E-state index contributed by atoms with van der Waals surface area (Å²) in [6, 6.07) is 14.4. The van der Waals surface area contributed by atoms with E-state index in [0.717, 1.165) is 12.0 Å². The minimum atomic E-state index is -4.69. The normalized spacial score (nSPS) is 11.4. The lowest BCUT2D eigenvalue weighted by molar-refractivity contribution is -0.274. The van der Waals surface area contributed by atoms with Crippen LogP contribution in [0.3, 0.4) is 0 Å². The number of hydrogen-bond donors (Lipinski definition) is 0. The average molecular weight is 265 g/mol. The number of rotatable bonds is 3. The Balaban J connectivity index is 2.38. The van der Waals surface area contributed by atoms with E-state index in [1.807, 2.05) is 13.0 Å². The highest BCUT2D eigenvalue weighted by molar-refractivity contribution is 5.70. The van der Waals surface area contributed by atoms with Crippen LogP contribution in [0.4, 0.5) is 13.2 Å². The van der Waals surface area contributed by atoms with E-state index in [1.54, 1.807) is 24.3 Å². The molecule has 99 valence electrons. The van der Waals surface area contributed by atoms with Crippen molar-refractivity contribution in [3.63, 3.8) is 0 Å². The van der Waals surface area contributed by atoms with Gasteiger partial charge in [-0.1, -0.05) is 37.3 Å². The number of halogens is 3. The second-order valence-electron chi connectivity index (χ2n) is 4.00. The minimum Gasteiger partial charge on any atom is -0.405 e. The number of benzene rings is 2. The Morgan fingerprint density at radius 1 is 1.11 bits per heavy atom. The molecule has 19 heavy (non-hydrogen) atoms. The zero-order chi connectivity index (χ0) is 13.9. The highest BCUT2D eigenvalue weighted by Crippen LogP contribution is 2.33. The number of ether oxygens (including phenoxy) is 1. The first-order chi connectivity index (χ1) is 8.99. The Hall–Kier alpha value is -1.97. The van der Waals surface area contributed by atoms with Gasteiger partial charge in [-0.2, -0.15) is 0 Å². The molecule has 1 radical (unpaired) electrons. The molecule has 4 heteroatoms. The Morgan fingerprint density at radius 2 is 1.84 bits per heavy atom. The van der Waals surface area contributed by atoms with Crippen LogP contribution < -0.4 is 4.74 Å². The lowest BCUT2D eigenvalue weighted by Crippen LogP contribution is -2.17. The maximum Gasteiger partial charge on any atom is 0.573 e. The summed E-state index contributed by atoms with van der Waals surface area (Å²) >= 11 is 0. The molecule has 0 saturated heterocycles. The van der Waals surface area contributed by atoms with Crippen molar-refractivity contribution < 1.29 is 17.9 Å². The van der Waals surface area contributed by atoms with Gasteiger partial charge in [0, 0.05) is 5.56 Å². The Labute approximate surface area is 109 Å². The predicted octanol–water partition coefficient (Wildman–Crippen LogP) is 4.61. The first-order valence-corrected chi connectivity index (χ1v) is 5.85. The molecule has 2 aromatic rings. The summed E-state index contributed by atoms with van der Waals surface area (Å²) in [5.41, 5.74) is 2.06. The van der Waals surface area contributed by atoms with E-state index in [4.69, 9.17) is 0 Å². The van der Waals surface area contributed by atoms with E-state index in [1.165, 1.54) is 12.1 Å². The molecule has 0 saturated carbocycles. The molecule has 0 unspecified atom stereocenters. The van der Waals surface area contributed by atoms with Crippen LogP contribution in [0.5, 0.6) is 5.75 Å². The van der Waals surface area contributed by atoms with Crippen molar-refractivity contribution in [1.82, 2.24) is 0 Å². The van der Waals surface area contributed by atoms with Crippen molar-refractivity contribution in [2.75, 3.05) is 0 Å². The van der Waals surface area contributed by atoms with Gasteiger partial charge in [-0.25, -0.2) is 0 Å². The smallest absolute Gasteiger partial charge is 0.405 e. The largest absolute Gasteiger partial charge is 0.573 e. The van der Waals surface area contributed by atoms with Crippen LogP contribution in [0.1, 0.15) is 12.5 Å². The van der Waals surface area contributed by atoms with Gasteiger partial charge in [0.2, 0.25) is 0 Å². The Bertz CT molecular complexity index is 544. The SMILES string of the molecule is CCc1[c]cc(-c2ccccc2OC(F)(F)F)cc1. The highest BCUT2D eigenvalue weighted by Gasteiger charge is 2.32. The summed E-state index contributed by atoms with van der Waals surface area (Å²) in [7, 11) is 0. The van der Waals surface area contributed by atoms with E-state index in [2.05, 4.69) is 10.8 Å². The molecular formula is C15H12F3O. The van der Waals surface area contributed by atoms with E-state index >= 15 is 0 Å². The molecule has 2 aromatic carbocycles. The molecule has 1 nitrogen and oxygen atoms in total. The summed E-state index contributed by atoms with van der Waals surface area (Å²) in [5, 5.41) is 0. The summed E-state index contributed by atoms with van der Waals surface area (Å²) in [6.45, 7) is 1.99. The van der Waals surface area contributed by atoms with Crippen molar-refractivity contribution in [3.8, 4) is 16.9 Å². The fourth-order valence-corrected chi connectivity index (χ4v) is 1.76. The lowest BCUT2D eigenvalue weighted by Gasteiger charge is -2.13. The standard InChI is InChI=1S/C15H12F3O/c1-2-11-7-9-12(10-8-11)13-5-3-4-6-14(13)19-15(16,17)18/h3-7,9-10H,2H2,1H3. The zero-order valence-electron chi connectivity index (χ0n) is 10.3. The molecule has 0 aliphatic carbocycles. The van der Waals surface area contributed by atoms with Crippen molar-refractivity contribution in [2.24, 2.45) is 0 Å². The monoisotopic (exact) mass is 265 g/mol. The molecular weight excluding hydrogens is 253 g/mol. The van der Waals surface area contributed by atoms with E-state index < -0.39 is 6.36 Å². The van der Waals surface area contributed by atoms with Gasteiger partial charge in [-0.3, -0.25) is 0 Å². The maximum atomic E-state index is 12.3. The van der Waals surface area contributed by atoms with Gasteiger partial charge in [0.05, 0.1) is 0 Å². The lowest BCUT2D eigenvalue weighted by atomic mass is 10.0. The number of hydrogen-bond acceptors (Lipinski definition) is 1. The van der Waals surface area contributed by atoms with Crippen LogP contribution in [0, 0.1) is 6.07 Å². The molecule has 2 rings (SSSR count). The van der Waals surface area contributed by atoms with Crippen molar-refractivity contribution in [3.05, 3.63) is 54.1 Å². The van der Waals surface area contributed by atoms with Gasteiger partial charge in [-0.15, -0.1) is 13.2 Å². The number of para-hydroxylation sites is 1. The Morgan fingerprint density at radius 3 is 2.42 bits per heavy atom. The maximum absolute atomic E-state index is 12.3. The van der Waals surface area contributed by atoms with E-state index in [0.29, 0.717) is 11.1 Å². The third kappa shape index (κ3) is 3.50. The van der Waals surface area contributed by atoms with Crippen LogP contribution in [0.15, 0.2) is 42.5 Å². The number of alkyl halides is 3. The van der Waals surface area contributed by atoms with Crippen LogP contribution in [-0.2, 0) is 6.42 Å². The molecule has 0 spiro atoms. The van der Waals surface area contributed by atoms with E-state index in [-0.39, 0.29) is 5.75 Å². The van der Waals surface area contributed by atoms with Gasteiger partial charge in [0.25, 0.3) is 0 Å². The number of aryl methyl sites for hydroxylation is 1. The Kier molecular flexibility index (Phi) is 3.79. The fourth-order valence-electron chi connectivity index (χ4n) is 1.76. The average Bonchev–Trinajstić information content (AvgIpc) is 2.38. The molecule has 0 amide bonds. The van der Waals surface area contributed by atoms with Gasteiger partial charge < -0.3 is 4.74 Å². The zero-order valence-corrected chi connectivity index (χ0v) is 10.3. The summed E-state index contributed by atoms with van der Waals surface area (Å²) in [5.74, 6) is -0.201. The molecule has 0 heterocycles. The molecule has 0 fully saturated rings. The quantitative estimate of drug-likeness (QED) is 0.787. The third-order valence-electron chi connectivity index (χ3n) is 2.68. The molecule has 0 bridgehead atoms. The summed E-state index contributed by atoms with van der Waals surface area (Å²) in [6.07, 6.45) is -3.86. The van der Waals surface area contributed by atoms with E-state index in [9.17, 15) is 13.2 Å². The fraction of sp³-hybridized carbons (Fsp3) is 0.200. The van der Waals surface area contributed by atoms with Gasteiger partial charge >= 0.3 is 6.36 Å². The van der Waals surface area contributed by atoms with Crippen molar-refractivity contribution >= 4 is 0 Å².